The van der Waals surface area contributed by atoms with Crippen molar-refractivity contribution in [2.24, 2.45) is 0 Å². The molecule has 304 valence electrons. The van der Waals surface area contributed by atoms with Crippen molar-refractivity contribution in [3.05, 3.63) is 154 Å². The lowest BCUT2D eigenvalue weighted by molar-refractivity contribution is -0.433. The number of ether oxygens (including phenoxy) is 2. The molecule has 61 heavy (non-hydrogen) atoms. The summed E-state index contributed by atoms with van der Waals surface area (Å²) in [6.45, 7) is 30.4. The minimum atomic E-state index is -2.61. The van der Waals surface area contributed by atoms with E-state index in [4.69, 9.17) is 18.3 Å². The highest BCUT2D eigenvalue weighted by Crippen LogP contribution is 2.46. The van der Waals surface area contributed by atoms with E-state index in [9.17, 15) is 38.7 Å². The molecule has 1 saturated heterocycles. The largest absolute Gasteiger partial charge is 0.522 e. The summed E-state index contributed by atoms with van der Waals surface area (Å²) in [4.78, 5) is 99.6. The van der Waals surface area contributed by atoms with Crippen LogP contribution >= 0.6 is 0 Å². The van der Waals surface area contributed by atoms with Crippen LogP contribution in [0, 0.1) is 25.9 Å². The van der Waals surface area contributed by atoms with Gasteiger partial charge in [-0.15, -0.1) is 0 Å². The number of rotatable bonds is 3. The Morgan fingerprint density at radius 2 is 1.51 bits per heavy atom. The molecule has 4 aliphatic heterocycles. The van der Waals surface area contributed by atoms with E-state index in [2.05, 4.69) is 82.3 Å². The maximum absolute atomic E-state index is 14.8. The van der Waals surface area contributed by atoms with Gasteiger partial charge in [-0.1, -0.05) is 48.9 Å². The fourth-order valence-corrected chi connectivity index (χ4v) is 7.43. The molecule has 7 aliphatic rings. The minimum absolute atomic E-state index is 0.206. The van der Waals surface area contributed by atoms with Gasteiger partial charge in [0.15, 0.2) is 24.4 Å². The smallest absolute Gasteiger partial charge is 0.409 e. The first-order chi connectivity index (χ1) is 28.8. The van der Waals surface area contributed by atoms with Crippen molar-refractivity contribution in [3.8, 4) is 12.0 Å². The van der Waals surface area contributed by atoms with Crippen molar-refractivity contribution in [3.63, 3.8) is 0 Å². The number of hydrogen-bond acceptors (Lipinski definition) is 11. The molecule has 14 nitrogen and oxygen atoms in total. The van der Waals surface area contributed by atoms with Gasteiger partial charge in [-0.05, 0) is 45.4 Å². The molecule has 7 rings (SSSR count). The Morgan fingerprint density at radius 1 is 0.869 bits per heavy atom. The molecule has 0 aromatic heterocycles. The number of hydrogen-bond donors (Lipinski definition) is 2. The van der Waals surface area contributed by atoms with Crippen molar-refractivity contribution in [2.45, 2.75) is 51.2 Å². The van der Waals surface area contributed by atoms with E-state index in [0.29, 0.717) is 12.8 Å². The summed E-state index contributed by atoms with van der Waals surface area (Å²) in [6.07, 6.45) is 8.45. The first-order valence-corrected chi connectivity index (χ1v) is 18.7. The second kappa shape index (κ2) is 16.4. The van der Waals surface area contributed by atoms with Crippen molar-refractivity contribution in [1.82, 2.24) is 10.2 Å². The number of amides is 1. The lowest BCUT2D eigenvalue weighted by atomic mass is 9.76. The van der Waals surface area contributed by atoms with Crippen molar-refractivity contribution >= 4 is 53.2 Å². The quantitative estimate of drug-likeness (QED) is 0.0483. The van der Waals surface area contributed by atoms with Crippen LogP contribution in [0.3, 0.4) is 0 Å². The fraction of sp³-hybridized carbons (Fsp3) is 0.213. The van der Waals surface area contributed by atoms with Crippen LogP contribution in [-0.4, -0.2) is 82.1 Å². The van der Waals surface area contributed by atoms with Gasteiger partial charge in [-0.25, -0.2) is 4.42 Å². The molecular weight excluding hydrogens is 785 g/mol. The number of likely N-dealkylation sites (tertiary alicyclic amines) is 1. The summed E-state index contributed by atoms with van der Waals surface area (Å²) in [7, 11) is 0. The first-order valence-electron chi connectivity index (χ1n) is 18.7. The van der Waals surface area contributed by atoms with E-state index in [1.165, 1.54) is 18.1 Å². The maximum Gasteiger partial charge on any atom is 0.522 e. The Bertz CT molecular complexity index is 2690. The number of fused-ring (bicyclic) bond motifs is 12. The highest BCUT2D eigenvalue weighted by Gasteiger charge is 2.62. The van der Waals surface area contributed by atoms with Crippen LogP contribution in [0.2, 0.25) is 0 Å². The Labute approximate surface area is 350 Å². The standard InChI is InChI=1S/C47H36N2O12/c1-23-13-12-14-24(2)46(57)48-36-37(49-20-17-31(18-21-49)30-15-10-11-16-30)42(55)33-34(41(36)54)40(53)28(6)44-35(33)45(56)47(8,61-44)59-22-19-32(58-9)25(3)43(60-29(7)50)27(5)39(52)26(4)38(23)51/h14H,2-11,15-18,20-21H2,1H3/q+2/p+2. The van der Waals surface area contributed by atoms with Crippen LogP contribution in [0.25, 0.3) is 0 Å². The lowest BCUT2D eigenvalue weighted by Gasteiger charge is -2.36. The number of aliphatic hydroxyl groups excluding tert-OH is 1. The molecule has 1 unspecified atom stereocenters. The monoisotopic (exact) mass is 822 g/mol. The third-order valence-corrected chi connectivity index (χ3v) is 10.6. The van der Waals surface area contributed by atoms with Crippen molar-refractivity contribution < 1.29 is 57.0 Å². The maximum atomic E-state index is 14.8. The van der Waals surface area contributed by atoms with Crippen molar-refractivity contribution in [2.75, 3.05) is 13.1 Å². The molecule has 3 aliphatic carbocycles. The average Bonchev–Trinajstić information content (AvgIpc) is 3.87. The molecule has 2 N–H and O–H groups in total. The second-order valence-electron chi connectivity index (χ2n) is 14.5. The first kappa shape index (κ1) is 42.6. The zero-order valence-electron chi connectivity index (χ0n) is 33.3. The summed E-state index contributed by atoms with van der Waals surface area (Å²) in [5.74, 6) is -9.98. The van der Waals surface area contributed by atoms with Crippen LogP contribution in [-0.2, 0) is 51.9 Å². The molecule has 0 aromatic rings. The summed E-state index contributed by atoms with van der Waals surface area (Å²) in [5, 5.41) is 12.4. The Kier molecular flexibility index (Phi) is 11.4. The minimum Gasteiger partial charge on any atom is -0.409 e. The van der Waals surface area contributed by atoms with E-state index in [1.54, 1.807) is 4.90 Å². The number of aliphatic hydroxyl groups is 1. The normalized spacial score (nSPS) is 23.9. The lowest BCUT2D eigenvalue weighted by Crippen LogP contribution is -2.45. The van der Waals surface area contributed by atoms with Gasteiger partial charge in [-0.2, -0.15) is 4.42 Å². The van der Waals surface area contributed by atoms with Gasteiger partial charge in [-0.3, -0.25) is 33.6 Å². The Morgan fingerprint density at radius 3 is 2.13 bits per heavy atom. The third kappa shape index (κ3) is 7.59. The molecule has 1 atom stereocenters. The summed E-state index contributed by atoms with van der Waals surface area (Å²) in [5.41, 5.74) is 2.34. The predicted octanol–water partition coefficient (Wildman–Crippen LogP) is 3.89. The van der Waals surface area contributed by atoms with Gasteiger partial charge < -0.3 is 24.8 Å². The SMILES string of the molecule is C=[O+]C1=C([CH2+])C(=[O+]C(=C)O)C(=C)C(=O)C(=C)C(=O)C(C)=C=C=CC(=C)C(=O)NC2=C(N3CCC(=C4CCCC4)CC3)C(=O)C3=C(C(=O)C(=C)C4=C3C(=O)C([CH2+])(OC#C1)O4)C2=O. The zero-order valence-corrected chi connectivity index (χ0v) is 33.3. The van der Waals surface area contributed by atoms with Gasteiger partial charge in [0.05, 0.1) is 34.4 Å². The van der Waals surface area contributed by atoms with E-state index >= 15 is 0 Å². The van der Waals surface area contributed by atoms with Crippen LogP contribution < -0.4 is 5.32 Å². The molecule has 5 bridgehead atoms. The van der Waals surface area contributed by atoms with Gasteiger partial charge in [0.25, 0.3) is 5.91 Å². The van der Waals surface area contributed by atoms with E-state index < -0.39 is 114 Å². The molecule has 14 heteroatoms. The molecule has 1 amide bonds. The van der Waals surface area contributed by atoms with Gasteiger partial charge in [0.1, 0.15) is 23.1 Å². The highest BCUT2D eigenvalue weighted by atomic mass is 16.7. The molecule has 2 fully saturated rings. The number of Topliss-reactive ketones (excluding diaryl/α,β-unsaturated/α-hetero) is 6. The molecule has 0 spiro atoms. The molecule has 4 heterocycles. The molecule has 1 saturated carbocycles. The summed E-state index contributed by atoms with van der Waals surface area (Å²) in [6, 6.07) is 0. The molecular formula is C47H38N2O12+4. The Balaban J connectivity index is 1.53. The van der Waals surface area contributed by atoms with Crippen molar-refractivity contribution in [1.29, 1.82) is 0 Å². The number of nitrogens with zero attached hydrogens (tertiary/aromatic N) is 1. The van der Waals surface area contributed by atoms with Gasteiger partial charge in [0, 0.05) is 37.2 Å². The van der Waals surface area contributed by atoms with Crippen LogP contribution in [0.1, 0.15) is 45.4 Å². The second-order valence-corrected chi connectivity index (χ2v) is 14.5. The number of carbonyl (C=O) groups excluding carboxylic acids is 9. The average molecular weight is 823 g/mol. The topological polar surface area (TPSA) is 196 Å². The fourth-order valence-electron chi connectivity index (χ4n) is 7.43. The highest BCUT2D eigenvalue weighted by molar-refractivity contribution is 6.44. The van der Waals surface area contributed by atoms with E-state index in [1.807, 2.05) is 0 Å². The van der Waals surface area contributed by atoms with Crippen LogP contribution in [0.5, 0.6) is 0 Å². The van der Waals surface area contributed by atoms with Gasteiger partial charge in [0.2, 0.25) is 23.1 Å². The molecule has 0 aromatic carbocycles. The number of nitrogens with one attached hydrogen (secondary N) is 1. The number of ketones is 7. The summed E-state index contributed by atoms with van der Waals surface area (Å²) < 4.78 is 21.5. The van der Waals surface area contributed by atoms with Crippen LogP contribution in [0.4, 0.5) is 0 Å². The number of carbonyl (C=O) groups is 7. The zero-order chi connectivity index (χ0) is 44.7. The number of allylic oxidation sites excluding steroid dienone is 9. The van der Waals surface area contributed by atoms with Crippen LogP contribution in [0.15, 0.2) is 141 Å². The predicted molar refractivity (Wildman–Crippen MR) is 217 cm³/mol. The number of piperidine rings is 1. The van der Waals surface area contributed by atoms with E-state index in [0.717, 1.165) is 31.8 Å². The van der Waals surface area contributed by atoms with Gasteiger partial charge >= 0.3 is 41.4 Å². The summed E-state index contributed by atoms with van der Waals surface area (Å²) >= 11 is 0. The Hall–Kier alpha value is -7.97. The van der Waals surface area contributed by atoms with E-state index in [-0.39, 0.29) is 29.9 Å². The third-order valence-electron chi connectivity index (χ3n) is 10.6. The molecule has 0 radical (unpaired) electrons.